The van der Waals surface area contributed by atoms with Crippen molar-refractivity contribution in [2.24, 2.45) is 0 Å². The third kappa shape index (κ3) is 4.46. The minimum absolute atomic E-state index is 0.217. The van der Waals surface area contributed by atoms with Gasteiger partial charge in [0.15, 0.2) is 6.61 Å². The first-order valence-corrected chi connectivity index (χ1v) is 8.08. The number of methoxy groups -OCH3 is 1. The summed E-state index contributed by atoms with van der Waals surface area (Å²) in [6.45, 7) is 6.78. The second-order valence-electron chi connectivity index (χ2n) is 6.02. The summed E-state index contributed by atoms with van der Waals surface area (Å²) in [5.41, 5.74) is 0. The Morgan fingerprint density at radius 2 is 1.79 bits per heavy atom. The Morgan fingerprint density at radius 1 is 1.12 bits per heavy atom. The molecule has 3 rings (SSSR count). The lowest BCUT2D eigenvalue weighted by molar-refractivity contribution is -0.0725. The van der Waals surface area contributed by atoms with E-state index in [1.165, 1.54) is 0 Å². The number of nitrogens with zero attached hydrogens (tertiary/aromatic N) is 3. The van der Waals surface area contributed by atoms with E-state index in [-0.39, 0.29) is 18.8 Å². The lowest BCUT2D eigenvalue weighted by Gasteiger charge is -2.34. The van der Waals surface area contributed by atoms with Gasteiger partial charge in [-0.3, -0.25) is 4.90 Å². The Hall–Kier alpha value is -2.12. The molecule has 1 aliphatic rings. The standard InChI is InChI=1S/C17H23N3O4/c1-12-8-20(9-13(2)23-12)10-17-18-16(19-24-17)11-22-15-6-4-14(21-3)5-7-15/h4-7,12-13H,8-11H2,1-3H3. The molecule has 7 nitrogen and oxygen atoms in total. The molecule has 1 fully saturated rings. The van der Waals surface area contributed by atoms with Gasteiger partial charge in [0, 0.05) is 13.1 Å². The summed E-state index contributed by atoms with van der Waals surface area (Å²) >= 11 is 0. The smallest absolute Gasteiger partial charge is 0.240 e. The Morgan fingerprint density at radius 3 is 2.46 bits per heavy atom. The van der Waals surface area contributed by atoms with Crippen LogP contribution in [0.1, 0.15) is 25.6 Å². The molecule has 0 spiro atoms. The quantitative estimate of drug-likeness (QED) is 0.803. The summed E-state index contributed by atoms with van der Waals surface area (Å²) < 4.78 is 21.8. The molecule has 2 atom stereocenters. The van der Waals surface area contributed by atoms with Crippen LogP contribution in [0.4, 0.5) is 0 Å². The average molecular weight is 333 g/mol. The van der Waals surface area contributed by atoms with Gasteiger partial charge in [-0.15, -0.1) is 0 Å². The molecule has 1 saturated heterocycles. The predicted molar refractivity (Wildman–Crippen MR) is 86.9 cm³/mol. The van der Waals surface area contributed by atoms with Crippen LogP contribution < -0.4 is 9.47 Å². The van der Waals surface area contributed by atoms with Gasteiger partial charge in [0.05, 0.1) is 25.9 Å². The number of hydrogen-bond acceptors (Lipinski definition) is 7. The second-order valence-corrected chi connectivity index (χ2v) is 6.02. The van der Waals surface area contributed by atoms with Gasteiger partial charge in [0.25, 0.3) is 0 Å². The van der Waals surface area contributed by atoms with Crippen LogP contribution in [0.5, 0.6) is 11.5 Å². The van der Waals surface area contributed by atoms with Crippen LogP contribution in [0, 0.1) is 0 Å². The van der Waals surface area contributed by atoms with E-state index >= 15 is 0 Å². The van der Waals surface area contributed by atoms with E-state index in [1.54, 1.807) is 7.11 Å². The van der Waals surface area contributed by atoms with E-state index in [2.05, 4.69) is 28.9 Å². The maximum Gasteiger partial charge on any atom is 0.240 e. The number of benzene rings is 1. The van der Waals surface area contributed by atoms with Crippen molar-refractivity contribution < 1.29 is 18.7 Å². The highest BCUT2D eigenvalue weighted by Gasteiger charge is 2.23. The van der Waals surface area contributed by atoms with Crippen LogP contribution in [-0.2, 0) is 17.9 Å². The maximum atomic E-state index is 5.73. The zero-order valence-electron chi connectivity index (χ0n) is 14.3. The fraction of sp³-hybridized carbons (Fsp3) is 0.529. The summed E-state index contributed by atoms with van der Waals surface area (Å²) in [7, 11) is 1.63. The predicted octanol–water partition coefficient (Wildman–Crippen LogP) is 2.27. The highest BCUT2D eigenvalue weighted by Crippen LogP contribution is 2.18. The van der Waals surface area contributed by atoms with E-state index < -0.39 is 0 Å². The topological polar surface area (TPSA) is 69.9 Å². The van der Waals surface area contributed by atoms with Crippen molar-refractivity contribution in [2.75, 3.05) is 20.2 Å². The van der Waals surface area contributed by atoms with Crippen LogP contribution in [0.15, 0.2) is 28.8 Å². The van der Waals surface area contributed by atoms with Crippen LogP contribution >= 0.6 is 0 Å². The lowest BCUT2D eigenvalue weighted by Crippen LogP contribution is -2.44. The Balaban J connectivity index is 1.51. The molecule has 0 aliphatic carbocycles. The summed E-state index contributed by atoms with van der Waals surface area (Å²) in [6, 6.07) is 7.38. The number of rotatable bonds is 6. The highest BCUT2D eigenvalue weighted by molar-refractivity contribution is 5.31. The van der Waals surface area contributed by atoms with Crippen molar-refractivity contribution in [3.8, 4) is 11.5 Å². The van der Waals surface area contributed by atoms with Gasteiger partial charge in [0.2, 0.25) is 11.7 Å². The van der Waals surface area contributed by atoms with Gasteiger partial charge < -0.3 is 18.7 Å². The van der Waals surface area contributed by atoms with Crippen molar-refractivity contribution >= 4 is 0 Å². The van der Waals surface area contributed by atoms with Gasteiger partial charge >= 0.3 is 0 Å². The van der Waals surface area contributed by atoms with Crippen molar-refractivity contribution in [3.05, 3.63) is 36.0 Å². The fourth-order valence-electron chi connectivity index (χ4n) is 2.84. The molecule has 2 unspecified atom stereocenters. The number of aromatic nitrogens is 2. The molecule has 0 radical (unpaired) electrons. The SMILES string of the molecule is COc1ccc(OCc2noc(CN3CC(C)OC(C)C3)n2)cc1. The molecule has 2 heterocycles. The Kier molecular flexibility index (Phi) is 5.32. The zero-order valence-corrected chi connectivity index (χ0v) is 14.3. The van der Waals surface area contributed by atoms with Gasteiger partial charge in [-0.2, -0.15) is 4.98 Å². The summed E-state index contributed by atoms with van der Waals surface area (Å²) in [4.78, 5) is 6.66. The first-order chi connectivity index (χ1) is 11.6. The van der Waals surface area contributed by atoms with Crippen molar-refractivity contribution in [2.45, 2.75) is 39.2 Å². The molecule has 0 saturated carbocycles. The molecular formula is C17H23N3O4. The molecule has 0 bridgehead atoms. The van der Waals surface area contributed by atoms with Crippen LogP contribution in [0.3, 0.4) is 0 Å². The van der Waals surface area contributed by atoms with E-state index in [1.807, 2.05) is 24.3 Å². The molecule has 130 valence electrons. The monoisotopic (exact) mass is 333 g/mol. The van der Waals surface area contributed by atoms with Crippen LogP contribution in [0.25, 0.3) is 0 Å². The molecule has 0 amide bonds. The minimum Gasteiger partial charge on any atom is -0.497 e. The molecule has 0 N–H and O–H groups in total. The minimum atomic E-state index is 0.217. The molecule has 1 aromatic carbocycles. The average Bonchev–Trinajstić information content (AvgIpc) is 3.00. The van der Waals surface area contributed by atoms with Gasteiger partial charge in [0.1, 0.15) is 11.5 Å². The second kappa shape index (κ2) is 7.63. The van der Waals surface area contributed by atoms with Crippen molar-refractivity contribution in [1.82, 2.24) is 15.0 Å². The Labute approximate surface area is 141 Å². The molecule has 2 aromatic rings. The number of morpholine rings is 1. The summed E-state index contributed by atoms with van der Waals surface area (Å²) in [5.74, 6) is 2.66. The largest absolute Gasteiger partial charge is 0.497 e. The van der Waals surface area contributed by atoms with Crippen LogP contribution in [-0.4, -0.2) is 47.4 Å². The lowest BCUT2D eigenvalue weighted by atomic mass is 10.2. The first kappa shape index (κ1) is 16.7. The van der Waals surface area contributed by atoms with E-state index in [9.17, 15) is 0 Å². The van der Waals surface area contributed by atoms with Crippen molar-refractivity contribution in [3.63, 3.8) is 0 Å². The van der Waals surface area contributed by atoms with Gasteiger partial charge in [-0.05, 0) is 38.1 Å². The highest BCUT2D eigenvalue weighted by atomic mass is 16.5. The van der Waals surface area contributed by atoms with E-state index in [4.69, 9.17) is 18.7 Å². The third-order valence-corrected chi connectivity index (χ3v) is 3.79. The summed E-state index contributed by atoms with van der Waals surface area (Å²) in [6.07, 6.45) is 0.434. The number of hydrogen-bond donors (Lipinski definition) is 0. The maximum absolute atomic E-state index is 5.73. The first-order valence-electron chi connectivity index (χ1n) is 8.08. The Bertz CT molecular complexity index is 634. The molecule has 1 aliphatic heterocycles. The van der Waals surface area contributed by atoms with Crippen LogP contribution in [0.2, 0.25) is 0 Å². The molecule has 7 heteroatoms. The van der Waals surface area contributed by atoms with E-state index in [0.717, 1.165) is 24.6 Å². The van der Waals surface area contributed by atoms with Gasteiger partial charge in [-0.1, -0.05) is 5.16 Å². The number of ether oxygens (including phenoxy) is 3. The van der Waals surface area contributed by atoms with E-state index in [0.29, 0.717) is 18.3 Å². The fourth-order valence-corrected chi connectivity index (χ4v) is 2.84. The molecule has 1 aromatic heterocycles. The molecular weight excluding hydrogens is 310 g/mol. The van der Waals surface area contributed by atoms with Gasteiger partial charge in [-0.25, -0.2) is 0 Å². The van der Waals surface area contributed by atoms with Crippen molar-refractivity contribution in [1.29, 1.82) is 0 Å². The normalized spacial score (nSPS) is 21.6. The zero-order chi connectivity index (χ0) is 16.9. The molecule has 24 heavy (non-hydrogen) atoms. The third-order valence-electron chi connectivity index (χ3n) is 3.79. The summed E-state index contributed by atoms with van der Waals surface area (Å²) in [5, 5.41) is 3.97.